The van der Waals surface area contributed by atoms with E-state index in [1.54, 1.807) is 24.3 Å². The van der Waals surface area contributed by atoms with E-state index < -0.39 is 0 Å². The molecule has 2 aromatic rings. The molecule has 0 aliphatic rings. The van der Waals surface area contributed by atoms with Gasteiger partial charge in [0.25, 0.3) is 0 Å². The summed E-state index contributed by atoms with van der Waals surface area (Å²) in [5.41, 5.74) is 0.874. The molecule has 2 atom stereocenters. The predicted molar refractivity (Wildman–Crippen MR) is 89.7 cm³/mol. The second-order valence-electron chi connectivity index (χ2n) is 5.00. The molecule has 0 aliphatic heterocycles. The molecule has 0 spiro atoms. The van der Waals surface area contributed by atoms with Crippen LogP contribution < -0.4 is 5.32 Å². The number of rotatable bonds is 5. The predicted octanol–water partition coefficient (Wildman–Crippen LogP) is 4.84. The molecule has 0 heterocycles. The summed E-state index contributed by atoms with van der Waals surface area (Å²) in [7, 11) is 0. The van der Waals surface area contributed by atoms with E-state index in [9.17, 15) is 9.18 Å². The van der Waals surface area contributed by atoms with Crippen LogP contribution >= 0.6 is 23.4 Å². The summed E-state index contributed by atoms with van der Waals surface area (Å²) in [5, 5.41) is 3.38. The quantitative estimate of drug-likeness (QED) is 0.791. The van der Waals surface area contributed by atoms with Crippen molar-refractivity contribution in [3.8, 4) is 0 Å². The highest BCUT2D eigenvalue weighted by Gasteiger charge is 2.17. The summed E-state index contributed by atoms with van der Waals surface area (Å²) in [6, 6.07) is 13.4. The summed E-state index contributed by atoms with van der Waals surface area (Å²) in [5.74, 6) is -0.342. The van der Waals surface area contributed by atoms with Crippen molar-refractivity contribution in [2.45, 2.75) is 30.0 Å². The number of carbonyl (C=O) groups excluding carboxylic acids is 1. The first-order chi connectivity index (χ1) is 10.5. The molecular weight excluding hydrogens is 321 g/mol. The lowest BCUT2D eigenvalue weighted by molar-refractivity contribution is -0.120. The topological polar surface area (TPSA) is 29.1 Å². The summed E-state index contributed by atoms with van der Waals surface area (Å²) in [4.78, 5) is 13.2. The van der Waals surface area contributed by atoms with Gasteiger partial charge in [0.05, 0.1) is 11.3 Å². The first-order valence-electron chi connectivity index (χ1n) is 6.94. The number of thioether (sulfide) groups is 1. The second-order valence-corrected chi connectivity index (χ2v) is 6.85. The van der Waals surface area contributed by atoms with Crippen molar-refractivity contribution < 1.29 is 9.18 Å². The molecule has 2 rings (SSSR count). The zero-order valence-corrected chi connectivity index (χ0v) is 13.9. The van der Waals surface area contributed by atoms with Crippen LogP contribution in [0.2, 0.25) is 5.02 Å². The van der Waals surface area contributed by atoms with Gasteiger partial charge in [-0.3, -0.25) is 4.79 Å². The van der Waals surface area contributed by atoms with E-state index in [1.165, 1.54) is 23.9 Å². The third-order valence-electron chi connectivity index (χ3n) is 3.22. The first-order valence-corrected chi connectivity index (χ1v) is 8.19. The number of benzene rings is 2. The molecule has 2 aromatic carbocycles. The molecule has 5 heteroatoms. The van der Waals surface area contributed by atoms with E-state index in [4.69, 9.17) is 11.6 Å². The molecule has 0 saturated carbocycles. The van der Waals surface area contributed by atoms with Crippen LogP contribution in [-0.4, -0.2) is 11.2 Å². The van der Waals surface area contributed by atoms with Gasteiger partial charge in [-0.05, 0) is 55.8 Å². The lowest BCUT2D eigenvalue weighted by Crippen LogP contribution is -2.33. The van der Waals surface area contributed by atoms with Gasteiger partial charge in [0.15, 0.2) is 0 Å². The molecule has 0 saturated heterocycles. The molecule has 0 unspecified atom stereocenters. The smallest absolute Gasteiger partial charge is 0.233 e. The van der Waals surface area contributed by atoms with Crippen molar-refractivity contribution >= 4 is 29.3 Å². The molecule has 2 nitrogen and oxygen atoms in total. The van der Waals surface area contributed by atoms with Gasteiger partial charge in [-0.15, -0.1) is 11.8 Å². The molecule has 0 bridgehead atoms. The number of hydrogen-bond donors (Lipinski definition) is 1. The van der Waals surface area contributed by atoms with Gasteiger partial charge in [-0.2, -0.15) is 0 Å². The van der Waals surface area contributed by atoms with Crippen LogP contribution in [-0.2, 0) is 4.79 Å². The summed E-state index contributed by atoms with van der Waals surface area (Å²) < 4.78 is 12.9. The van der Waals surface area contributed by atoms with E-state index >= 15 is 0 Å². The van der Waals surface area contributed by atoms with Gasteiger partial charge in [-0.25, -0.2) is 4.39 Å². The van der Waals surface area contributed by atoms with Gasteiger partial charge in [0.2, 0.25) is 5.91 Å². The van der Waals surface area contributed by atoms with E-state index in [0.717, 1.165) is 10.5 Å². The van der Waals surface area contributed by atoms with Crippen LogP contribution in [0, 0.1) is 5.82 Å². The Balaban J connectivity index is 1.93. The summed E-state index contributed by atoms with van der Waals surface area (Å²) in [6.45, 7) is 3.73. The molecule has 116 valence electrons. The zero-order valence-electron chi connectivity index (χ0n) is 12.3. The third-order valence-corrected chi connectivity index (χ3v) is 4.59. The first kappa shape index (κ1) is 16.8. The van der Waals surface area contributed by atoms with Gasteiger partial charge >= 0.3 is 0 Å². The Morgan fingerprint density at radius 3 is 2.27 bits per heavy atom. The number of halogens is 2. The maximum absolute atomic E-state index is 12.9. The van der Waals surface area contributed by atoms with Crippen LogP contribution in [0.4, 0.5) is 4.39 Å². The zero-order chi connectivity index (χ0) is 16.1. The Hall–Kier alpha value is -1.52. The van der Waals surface area contributed by atoms with Crippen LogP contribution in [0.1, 0.15) is 25.5 Å². The Kier molecular flexibility index (Phi) is 5.86. The van der Waals surface area contributed by atoms with Crippen LogP contribution in [0.25, 0.3) is 0 Å². The standard InChI is InChI=1S/C17H17ClFNOS/c1-11(13-3-7-15(19)8-4-13)20-17(21)12(2)22-16-9-5-14(18)6-10-16/h3-12H,1-2H3,(H,20,21)/t11-,12-/m0/s1. The SMILES string of the molecule is C[C@H](Sc1ccc(Cl)cc1)C(=O)N[C@@H](C)c1ccc(F)cc1. The van der Waals surface area contributed by atoms with Crippen molar-refractivity contribution in [2.75, 3.05) is 0 Å². The van der Waals surface area contributed by atoms with Crippen molar-refractivity contribution in [3.63, 3.8) is 0 Å². The highest BCUT2D eigenvalue weighted by Crippen LogP contribution is 2.25. The van der Waals surface area contributed by atoms with Crippen molar-refractivity contribution in [2.24, 2.45) is 0 Å². The monoisotopic (exact) mass is 337 g/mol. The normalized spacial score (nSPS) is 13.5. The third kappa shape index (κ3) is 4.75. The van der Waals surface area contributed by atoms with E-state index in [0.29, 0.717) is 5.02 Å². The van der Waals surface area contributed by atoms with Gasteiger partial charge in [-0.1, -0.05) is 23.7 Å². The fourth-order valence-electron chi connectivity index (χ4n) is 1.94. The van der Waals surface area contributed by atoms with Crippen molar-refractivity contribution in [1.29, 1.82) is 0 Å². The lowest BCUT2D eigenvalue weighted by atomic mass is 10.1. The highest BCUT2D eigenvalue weighted by atomic mass is 35.5. The van der Waals surface area contributed by atoms with Gasteiger partial charge < -0.3 is 5.32 Å². The molecule has 0 aliphatic carbocycles. The fraction of sp³-hybridized carbons (Fsp3) is 0.235. The molecular formula is C17H17ClFNOS. The van der Waals surface area contributed by atoms with E-state index in [1.807, 2.05) is 26.0 Å². The van der Waals surface area contributed by atoms with Gasteiger partial charge in [0, 0.05) is 9.92 Å². The van der Waals surface area contributed by atoms with Crippen LogP contribution in [0.15, 0.2) is 53.4 Å². The Labute approximate surface area is 139 Å². The average molecular weight is 338 g/mol. The molecule has 22 heavy (non-hydrogen) atoms. The van der Waals surface area contributed by atoms with Crippen LogP contribution in [0.3, 0.4) is 0 Å². The minimum atomic E-state index is -0.283. The number of nitrogens with one attached hydrogen (secondary N) is 1. The maximum atomic E-state index is 12.9. The maximum Gasteiger partial charge on any atom is 0.233 e. The number of amides is 1. The van der Waals surface area contributed by atoms with E-state index in [-0.39, 0.29) is 23.0 Å². The second kappa shape index (κ2) is 7.65. The Bertz CT molecular complexity index is 630. The summed E-state index contributed by atoms with van der Waals surface area (Å²) in [6.07, 6.45) is 0. The molecule has 1 N–H and O–H groups in total. The minimum absolute atomic E-state index is 0.0585. The Morgan fingerprint density at radius 2 is 1.68 bits per heavy atom. The lowest BCUT2D eigenvalue weighted by Gasteiger charge is -2.18. The summed E-state index contributed by atoms with van der Waals surface area (Å²) >= 11 is 7.31. The molecule has 0 aromatic heterocycles. The largest absolute Gasteiger partial charge is 0.349 e. The highest BCUT2D eigenvalue weighted by molar-refractivity contribution is 8.00. The molecule has 1 amide bonds. The fourth-order valence-corrected chi connectivity index (χ4v) is 2.94. The van der Waals surface area contributed by atoms with Crippen molar-refractivity contribution in [3.05, 3.63) is 64.9 Å². The number of hydrogen-bond acceptors (Lipinski definition) is 2. The average Bonchev–Trinajstić information content (AvgIpc) is 2.50. The molecule has 0 fully saturated rings. The Morgan fingerprint density at radius 1 is 1.09 bits per heavy atom. The number of carbonyl (C=O) groups is 1. The van der Waals surface area contributed by atoms with Crippen molar-refractivity contribution in [1.82, 2.24) is 5.32 Å². The van der Waals surface area contributed by atoms with Gasteiger partial charge in [0.1, 0.15) is 5.82 Å². The molecule has 0 radical (unpaired) electrons. The van der Waals surface area contributed by atoms with E-state index in [2.05, 4.69) is 5.32 Å². The minimum Gasteiger partial charge on any atom is -0.349 e. The van der Waals surface area contributed by atoms with Crippen LogP contribution in [0.5, 0.6) is 0 Å².